The van der Waals surface area contributed by atoms with Gasteiger partial charge in [-0.05, 0) is 36.0 Å². The second kappa shape index (κ2) is 5.58. The molecule has 0 bridgehead atoms. The van der Waals surface area contributed by atoms with Gasteiger partial charge >= 0.3 is 0 Å². The van der Waals surface area contributed by atoms with Crippen LogP contribution in [0.1, 0.15) is 42.0 Å². The largest absolute Gasteiger partial charge is 0.0837 e. The number of hydrogen-bond acceptors (Lipinski definition) is 0. The lowest BCUT2D eigenvalue weighted by atomic mass is 9.97. The first kappa shape index (κ1) is 13.2. The minimum atomic E-state index is 0.468. The van der Waals surface area contributed by atoms with Crippen LogP contribution in [0.2, 0.25) is 5.02 Å². The van der Waals surface area contributed by atoms with Gasteiger partial charge in [-0.25, -0.2) is 0 Å². The zero-order valence-electron chi connectivity index (χ0n) is 11.2. The molecule has 0 N–H and O–H groups in total. The third-order valence-electron chi connectivity index (χ3n) is 3.21. The van der Waals surface area contributed by atoms with Crippen LogP contribution in [0.15, 0.2) is 42.5 Å². The SMILES string of the molecule is Cc1cccc(Cc2cccc(C(C)C)c2Cl)c1. The van der Waals surface area contributed by atoms with Gasteiger partial charge in [-0.1, -0.05) is 73.5 Å². The second-order valence-corrected chi connectivity index (χ2v) is 5.52. The summed E-state index contributed by atoms with van der Waals surface area (Å²) in [5.74, 6) is 0.468. The van der Waals surface area contributed by atoms with Crippen molar-refractivity contribution in [2.75, 3.05) is 0 Å². The summed E-state index contributed by atoms with van der Waals surface area (Å²) in [7, 11) is 0. The number of benzene rings is 2. The van der Waals surface area contributed by atoms with Crippen LogP contribution >= 0.6 is 11.6 Å². The maximum atomic E-state index is 6.49. The van der Waals surface area contributed by atoms with Crippen molar-refractivity contribution in [3.8, 4) is 0 Å². The fourth-order valence-corrected chi connectivity index (χ4v) is 2.64. The Bertz CT molecular complexity index is 541. The van der Waals surface area contributed by atoms with E-state index in [0.717, 1.165) is 11.4 Å². The van der Waals surface area contributed by atoms with E-state index in [4.69, 9.17) is 11.6 Å². The van der Waals surface area contributed by atoms with Crippen molar-refractivity contribution in [3.63, 3.8) is 0 Å². The van der Waals surface area contributed by atoms with Gasteiger partial charge in [-0.3, -0.25) is 0 Å². The molecule has 94 valence electrons. The van der Waals surface area contributed by atoms with Crippen molar-refractivity contribution in [2.24, 2.45) is 0 Å². The number of aryl methyl sites for hydroxylation is 1. The van der Waals surface area contributed by atoms with Crippen LogP contribution in [0.4, 0.5) is 0 Å². The van der Waals surface area contributed by atoms with E-state index in [0.29, 0.717) is 5.92 Å². The predicted octanol–water partition coefficient (Wildman–Crippen LogP) is 5.36. The zero-order chi connectivity index (χ0) is 13.1. The van der Waals surface area contributed by atoms with Crippen LogP contribution in [0.25, 0.3) is 0 Å². The van der Waals surface area contributed by atoms with E-state index in [1.807, 2.05) is 0 Å². The van der Waals surface area contributed by atoms with Gasteiger partial charge in [0.05, 0.1) is 0 Å². The van der Waals surface area contributed by atoms with E-state index >= 15 is 0 Å². The molecule has 0 aliphatic rings. The fraction of sp³-hybridized carbons (Fsp3) is 0.294. The average Bonchev–Trinajstić information content (AvgIpc) is 2.31. The van der Waals surface area contributed by atoms with Crippen LogP contribution in [0.5, 0.6) is 0 Å². The Hall–Kier alpha value is -1.27. The average molecular weight is 259 g/mol. The topological polar surface area (TPSA) is 0 Å². The first-order chi connectivity index (χ1) is 8.58. The highest BCUT2D eigenvalue weighted by molar-refractivity contribution is 6.32. The molecule has 18 heavy (non-hydrogen) atoms. The molecule has 0 nitrogen and oxygen atoms in total. The molecule has 2 aromatic rings. The Morgan fingerprint density at radius 3 is 2.44 bits per heavy atom. The van der Waals surface area contributed by atoms with Crippen molar-refractivity contribution >= 4 is 11.6 Å². The van der Waals surface area contributed by atoms with Gasteiger partial charge in [0, 0.05) is 5.02 Å². The Balaban J connectivity index is 2.32. The molecule has 0 atom stereocenters. The number of hydrogen-bond donors (Lipinski definition) is 0. The van der Waals surface area contributed by atoms with Gasteiger partial charge in [0.1, 0.15) is 0 Å². The Kier molecular flexibility index (Phi) is 4.08. The highest BCUT2D eigenvalue weighted by Gasteiger charge is 2.09. The van der Waals surface area contributed by atoms with E-state index in [1.54, 1.807) is 0 Å². The van der Waals surface area contributed by atoms with Crippen molar-refractivity contribution in [3.05, 3.63) is 69.7 Å². The van der Waals surface area contributed by atoms with Gasteiger partial charge in [-0.2, -0.15) is 0 Å². The van der Waals surface area contributed by atoms with Crippen LogP contribution in [0, 0.1) is 6.92 Å². The molecule has 2 aromatic carbocycles. The molecule has 0 radical (unpaired) electrons. The molecule has 1 heteroatoms. The third kappa shape index (κ3) is 2.94. The first-order valence-corrected chi connectivity index (χ1v) is 6.78. The lowest BCUT2D eigenvalue weighted by Crippen LogP contribution is -1.95. The highest BCUT2D eigenvalue weighted by atomic mass is 35.5. The number of rotatable bonds is 3. The number of halogens is 1. The minimum absolute atomic E-state index is 0.468. The predicted molar refractivity (Wildman–Crippen MR) is 79.5 cm³/mol. The first-order valence-electron chi connectivity index (χ1n) is 6.40. The normalized spacial score (nSPS) is 10.9. The summed E-state index contributed by atoms with van der Waals surface area (Å²) in [6, 6.07) is 14.9. The summed E-state index contributed by atoms with van der Waals surface area (Å²) < 4.78 is 0. The molecule has 0 saturated heterocycles. The van der Waals surface area contributed by atoms with E-state index in [2.05, 4.69) is 63.2 Å². The summed E-state index contributed by atoms with van der Waals surface area (Å²) in [5.41, 5.74) is 5.07. The van der Waals surface area contributed by atoms with Gasteiger partial charge in [0.15, 0.2) is 0 Å². The molecule has 0 spiro atoms. The van der Waals surface area contributed by atoms with Crippen molar-refractivity contribution < 1.29 is 0 Å². The van der Waals surface area contributed by atoms with E-state index in [1.165, 1.54) is 22.3 Å². The standard InChI is InChI=1S/C17H19Cl/c1-12(2)16-9-5-8-15(17(16)18)11-14-7-4-6-13(3)10-14/h4-10,12H,11H2,1-3H3. The zero-order valence-corrected chi connectivity index (χ0v) is 12.0. The monoisotopic (exact) mass is 258 g/mol. The Morgan fingerprint density at radius 2 is 1.78 bits per heavy atom. The van der Waals surface area contributed by atoms with E-state index in [-0.39, 0.29) is 0 Å². The van der Waals surface area contributed by atoms with Crippen LogP contribution in [0.3, 0.4) is 0 Å². The van der Waals surface area contributed by atoms with Gasteiger partial charge in [0.2, 0.25) is 0 Å². The molecule has 0 aliphatic carbocycles. The molecule has 0 fully saturated rings. The second-order valence-electron chi connectivity index (χ2n) is 5.14. The van der Waals surface area contributed by atoms with Crippen LogP contribution in [-0.4, -0.2) is 0 Å². The Morgan fingerprint density at radius 1 is 1.06 bits per heavy atom. The molecule has 2 rings (SSSR count). The molecule has 0 amide bonds. The lowest BCUT2D eigenvalue weighted by molar-refractivity contribution is 0.863. The summed E-state index contributed by atoms with van der Waals surface area (Å²) >= 11 is 6.49. The molecule has 0 aromatic heterocycles. The summed E-state index contributed by atoms with van der Waals surface area (Å²) in [4.78, 5) is 0. The van der Waals surface area contributed by atoms with Gasteiger partial charge < -0.3 is 0 Å². The quantitative estimate of drug-likeness (QED) is 0.695. The van der Waals surface area contributed by atoms with Crippen LogP contribution < -0.4 is 0 Å². The van der Waals surface area contributed by atoms with Crippen molar-refractivity contribution in [2.45, 2.75) is 33.1 Å². The van der Waals surface area contributed by atoms with E-state index < -0.39 is 0 Å². The Labute approximate surface area is 115 Å². The van der Waals surface area contributed by atoms with E-state index in [9.17, 15) is 0 Å². The molecular formula is C17H19Cl. The lowest BCUT2D eigenvalue weighted by Gasteiger charge is -2.12. The molecule has 0 unspecified atom stereocenters. The smallest absolute Gasteiger partial charge is 0.0475 e. The summed E-state index contributed by atoms with van der Waals surface area (Å²) in [5, 5.41) is 0.925. The third-order valence-corrected chi connectivity index (χ3v) is 3.67. The molecule has 0 saturated carbocycles. The van der Waals surface area contributed by atoms with Crippen molar-refractivity contribution in [1.29, 1.82) is 0 Å². The van der Waals surface area contributed by atoms with Crippen molar-refractivity contribution in [1.82, 2.24) is 0 Å². The van der Waals surface area contributed by atoms with Gasteiger partial charge in [0.25, 0.3) is 0 Å². The fourth-order valence-electron chi connectivity index (χ4n) is 2.22. The molecular weight excluding hydrogens is 240 g/mol. The minimum Gasteiger partial charge on any atom is -0.0837 e. The highest BCUT2D eigenvalue weighted by Crippen LogP contribution is 2.29. The summed E-state index contributed by atoms with van der Waals surface area (Å²) in [6.07, 6.45) is 0.904. The maximum absolute atomic E-state index is 6.49. The van der Waals surface area contributed by atoms with Gasteiger partial charge in [-0.15, -0.1) is 0 Å². The molecule has 0 aliphatic heterocycles. The van der Waals surface area contributed by atoms with Crippen LogP contribution in [-0.2, 0) is 6.42 Å². The summed E-state index contributed by atoms with van der Waals surface area (Å²) in [6.45, 7) is 6.48. The maximum Gasteiger partial charge on any atom is 0.0475 e. The molecule has 0 heterocycles.